The van der Waals surface area contributed by atoms with Crippen LogP contribution in [0.25, 0.3) is 0 Å². The number of nitrogens with one attached hydrogen (secondary N) is 1. The zero-order valence-corrected chi connectivity index (χ0v) is 12.9. The fraction of sp³-hybridized carbons (Fsp3) is 1.00. The molecule has 1 N–H and O–H groups in total. The van der Waals surface area contributed by atoms with Gasteiger partial charge in [0, 0.05) is 17.8 Å². The molecule has 0 atom stereocenters. The lowest BCUT2D eigenvalue weighted by Crippen LogP contribution is -2.43. The topological polar surface area (TPSA) is 15.3 Å². The Balaban J connectivity index is 2.09. The normalized spacial score (nSPS) is 19.8. The molecule has 0 amide bonds. The summed E-state index contributed by atoms with van der Waals surface area (Å²) < 4.78 is 0. The first-order chi connectivity index (χ1) is 8.01. The van der Waals surface area contributed by atoms with Crippen molar-refractivity contribution in [2.24, 2.45) is 5.92 Å². The van der Waals surface area contributed by atoms with Crippen molar-refractivity contribution in [2.75, 3.05) is 37.7 Å². The molecule has 0 aromatic carbocycles. The molecule has 0 saturated carbocycles. The summed E-state index contributed by atoms with van der Waals surface area (Å²) in [4.78, 5) is 2.64. The number of hydrogen-bond acceptors (Lipinski definition) is 3. The third kappa shape index (κ3) is 7.32. The maximum Gasteiger partial charge on any atom is 0.00966 e. The molecule has 0 unspecified atom stereocenters. The van der Waals surface area contributed by atoms with E-state index in [0.29, 0.717) is 0 Å². The van der Waals surface area contributed by atoms with E-state index >= 15 is 0 Å². The summed E-state index contributed by atoms with van der Waals surface area (Å²) in [6.07, 6.45) is 2.75. The lowest BCUT2D eigenvalue weighted by Gasteiger charge is -2.33. The Bertz CT molecular complexity index is 193. The minimum Gasteiger partial charge on any atom is -0.312 e. The van der Waals surface area contributed by atoms with E-state index in [1.54, 1.807) is 0 Å². The number of thioether (sulfide) groups is 1. The van der Waals surface area contributed by atoms with Crippen molar-refractivity contribution in [3.05, 3.63) is 0 Å². The van der Waals surface area contributed by atoms with Gasteiger partial charge in [0.15, 0.2) is 0 Å². The van der Waals surface area contributed by atoms with E-state index < -0.39 is 0 Å². The van der Waals surface area contributed by atoms with Crippen molar-refractivity contribution in [3.8, 4) is 0 Å². The van der Waals surface area contributed by atoms with E-state index in [0.717, 1.165) is 5.92 Å². The van der Waals surface area contributed by atoms with E-state index in [2.05, 4.69) is 49.7 Å². The number of rotatable bonds is 6. The highest BCUT2D eigenvalue weighted by molar-refractivity contribution is 7.99. The summed E-state index contributed by atoms with van der Waals surface area (Å²) in [5.74, 6) is 3.46. The molecule has 1 aliphatic rings. The van der Waals surface area contributed by atoms with Gasteiger partial charge < -0.3 is 10.2 Å². The zero-order valence-electron chi connectivity index (χ0n) is 12.1. The molecular formula is C14H30N2S. The summed E-state index contributed by atoms with van der Waals surface area (Å²) in [5.41, 5.74) is 0.273. The fourth-order valence-corrected chi connectivity index (χ4v) is 2.88. The Morgan fingerprint density at radius 2 is 1.88 bits per heavy atom. The van der Waals surface area contributed by atoms with E-state index in [1.807, 2.05) is 0 Å². The van der Waals surface area contributed by atoms with E-state index in [9.17, 15) is 0 Å². The van der Waals surface area contributed by atoms with Crippen LogP contribution in [0.4, 0.5) is 0 Å². The molecule has 0 aromatic heterocycles. The molecule has 1 rings (SSSR count). The Kier molecular flexibility index (Phi) is 6.90. The summed E-state index contributed by atoms with van der Waals surface area (Å²) in [7, 11) is 0. The lowest BCUT2D eigenvalue weighted by atomic mass is 9.95. The van der Waals surface area contributed by atoms with Crippen LogP contribution in [0.5, 0.6) is 0 Å². The second kappa shape index (κ2) is 7.65. The highest BCUT2D eigenvalue weighted by Gasteiger charge is 2.20. The first-order valence-corrected chi connectivity index (χ1v) is 8.22. The van der Waals surface area contributed by atoms with Crippen molar-refractivity contribution in [1.29, 1.82) is 0 Å². The third-order valence-electron chi connectivity index (χ3n) is 3.38. The van der Waals surface area contributed by atoms with E-state index in [-0.39, 0.29) is 5.54 Å². The van der Waals surface area contributed by atoms with Gasteiger partial charge in [0.05, 0.1) is 0 Å². The summed E-state index contributed by atoms with van der Waals surface area (Å²) >= 11 is 2.06. The van der Waals surface area contributed by atoms with Gasteiger partial charge in [-0.05, 0) is 64.9 Å². The lowest BCUT2D eigenvalue weighted by molar-refractivity contribution is 0.185. The first kappa shape index (κ1) is 15.3. The Morgan fingerprint density at radius 3 is 2.41 bits per heavy atom. The molecule has 1 aliphatic heterocycles. The smallest absolute Gasteiger partial charge is 0.00966 e. The molecule has 0 aromatic rings. The van der Waals surface area contributed by atoms with Crippen LogP contribution in [0.15, 0.2) is 0 Å². The van der Waals surface area contributed by atoms with E-state index in [1.165, 1.54) is 50.5 Å². The average Bonchev–Trinajstić information content (AvgIpc) is 2.27. The van der Waals surface area contributed by atoms with Crippen LogP contribution in [-0.2, 0) is 0 Å². The number of nitrogens with zero attached hydrogens (tertiary/aromatic N) is 1. The van der Waals surface area contributed by atoms with Gasteiger partial charge in [0.25, 0.3) is 0 Å². The predicted octanol–water partition coefficient (Wildman–Crippen LogP) is 2.84. The fourth-order valence-electron chi connectivity index (χ4n) is 2.20. The predicted molar refractivity (Wildman–Crippen MR) is 79.9 cm³/mol. The van der Waals surface area contributed by atoms with Gasteiger partial charge in [-0.3, -0.25) is 0 Å². The molecule has 1 saturated heterocycles. The first-order valence-electron chi connectivity index (χ1n) is 7.06. The minimum absolute atomic E-state index is 0.273. The summed E-state index contributed by atoms with van der Waals surface area (Å²) in [6, 6.07) is 0. The summed E-state index contributed by atoms with van der Waals surface area (Å²) in [5, 5.41) is 3.64. The number of likely N-dealkylation sites (tertiary alicyclic amines) is 1. The van der Waals surface area contributed by atoms with Gasteiger partial charge in [-0.2, -0.15) is 11.8 Å². The van der Waals surface area contributed by atoms with Crippen molar-refractivity contribution in [1.82, 2.24) is 10.2 Å². The Morgan fingerprint density at radius 1 is 1.24 bits per heavy atom. The molecule has 0 bridgehead atoms. The number of hydrogen-bond donors (Lipinski definition) is 1. The van der Waals surface area contributed by atoms with Crippen LogP contribution in [0.3, 0.4) is 0 Å². The van der Waals surface area contributed by atoms with Crippen LogP contribution >= 0.6 is 11.8 Å². The van der Waals surface area contributed by atoms with Crippen molar-refractivity contribution in [3.63, 3.8) is 0 Å². The molecule has 3 heteroatoms. The van der Waals surface area contributed by atoms with Gasteiger partial charge in [-0.25, -0.2) is 0 Å². The van der Waals surface area contributed by atoms with Gasteiger partial charge in [0.1, 0.15) is 0 Å². The second-order valence-corrected chi connectivity index (χ2v) is 7.51. The monoisotopic (exact) mass is 258 g/mol. The zero-order chi connectivity index (χ0) is 12.7. The molecule has 0 aliphatic carbocycles. The van der Waals surface area contributed by atoms with Crippen LogP contribution < -0.4 is 5.32 Å². The highest BCUT2D eigenvalue weighted by atomic mass is 32.2. The molecule has 1 heterocycles. The third-order valence-corrected chi connectivity index (χ3v) is 4.26. The second-order valence-electron chi connectivity index (χ2n) is 6.11. The standard InChI is InChI=1S/C14H30N2S/c1-5-17-11-10-16-8-6-13(7-9-16)12-15-14(2,3)4/h13,15H,5-12H2,1-4H3. The largest absolute Gasteiger partial charge is 0.312 e. The minimum atomic E-state index is 0.273. The Labute approximate surface area is 112 Å². The van der Waals surface area contributed by atoms with Crippen molar-refractivity contribution in [2.45, 2.75) is 46.1 Å². The highest BCUT2D eigenvalue weighted by Crippen LogP contribution is 2.17. The maximum atomic E-state index is 3.64. The average molecular weight is 258 g/mol. The SMILES string of the molecule is CCSCCN1CCC(CNC(C)(C)C)CC1. The van der Waals surface area contributed by atoms with Gasteiger partial charge in [-0.1, -0.05) is 6.92 Å². The molecule has 0 spiro atoms. The van der Waals surface area contributed by atoms with Crippen molar-refractivity contribution < 1.29 is 0 Å². The molecule has 102 valence electrons. The summed E-state index contributed by atoms with van der Waals surface area (Å²) in [6.45, 7) is 14.1. The molecule has 0 radical (unpaired) electrons. The molecule has 1 fully saturated rings. The number of piperidine rings is 1. The molecule has 2 nitrogen and oxygen atoms in total. The van der Waals surface area contributed by atoms with Crippen LogP contribution in [0.1, 0.15) is 40.5 Å². The van der Waals surface area contributed by atoms with Crippen LogP contribution in [-0.4, -0.2) is 48.1 Å². The molecule has 17 heavy (non-hydrogen) atoms. The van der Waals surface area contributed by atoms with Crippen LogP contribution in [0.2, 0.25) is 0 Å². The van der Waals surface area contributed by atoms with E-state index in [4.69, 9.17) is 0 Å². The van der Waals surface area contributed by atoms with Crippen molar-refractivity contribution >= 4 is 11.8 Å². The van der Waals surface area contributed by atoms with Gasteiger partial charge >= 0.3 is 0 Å². The van der Waals surface area contributed by atoms with Gasteiger partial charge in [0.2, 0.25) is 0 Å². The van der Waals surface area contributed by atoms with Gasteiger partial charge in [-0.15, -0.1) is 0 Å². The maximum absolute atomic E-state index is 3.64. The Hall–Kier alpha value is 0.270. The van der Waals surface area contributed by atoms with Crippen LogP contribution in [0, 0.1) is 5.92 Å². The quantitative estimate of drug-likeness (QED) is 0.738. The molecular weight excluding hydrogens is 228 g/mol.